The second kappa shape index (κ2) is 5.94. The van der Waals surface area contributed by atoms with Crippen LogP contribution in [0.2, 0.25) is 0 Å². The van der Waals surface area contributed by atoms with Crippen molar-refractivity contribution in [1.29, 1.82) is 5.26 Å². The van der Waals surface area contributed by atoms with Gasteiger partial charge in [0.1, 0.15) is 24.0 Å². The molecule has 0 atom stereocenters. The van der Waals surface area contributed by atoms with E-state index in [1.54, 1.807) is 13.0 Å². The van der Waals surface area contributed by atoms with E-state index in [1.807, 2.05) is 0 Å². The highest BCUT2D eigenvalue weighted by Crippen LogP contribution is 2.28. The van der Waals surface area contributed by atoms with Crippen LogP contribution in [0.25, 0.3) is 5.78 Å². The topological polar surface area (TPSA) is 102 Å². The van der Waals surface area contributed by atoms with Gasteiger partial charge in [-0.2, -0.15) is 19.9 Å². The summed E-state index contributed by atoms with van der Waals surface area (Å²) in [7, 11) is 0. The highest BCUT2D eigenvalue weighted by Gasteiger charge is 2.32. The fourth-order valence-electron chi connectivity index (χ4n) is 2.42. The van der Waals surface area contributed by atoms with E-state index >= 15 is 0 Å². The van der Waals surface area contributed by atoms with E-state index in [1.165, 1.54) is 23.0 Å². The number of aryl methyl sites for hydroxylation is 1. The van der Waals surface area contributed by atoms with E-state index in [0.29, 0.717) is 28.4 Å². The predicted molar refractivity (Wildman–Crippen MR) is 80.6 cm³/mol. The summed E-state index contributed by atoms with van der Waals surface area (Å²) in [5.74, 6) is 0.132. The van der Waals surface area contributed by atoms with E-state index in [9.17, 15) is 13.2 Å². The Kier molecular flexibility index (Phi) is 3.92. The van der Waals surface area contributed by atoms with E-state index in [4.69, 9.17) is 11.0 Å². The van der Waals surface area contributed by atoms with Gasteiger partial charge in [-0.25, -0.2) is 4.98 Å². The third-order valence-electron chi connectivity index (χ3n) is 3.54. The van der Waals surface area contributed by atoms with Crippen molar-refractivity contribution in [3.63, 3.8) is 0 Å². The van der Waals surface area contributed by atoms with Crippen molar-refractivity contribution >= 4 is 11.6 Å². The summed E-state index contributed by atoms with van der Waals surface area (Å²) in [6.07, 6.45) is -3.28. The lowest BCUT2D eigenvalue weighted by atomic mass is 10.0. The van der Waals surface area contributed by atoms with Crippen molar-refractivity contribution < 1.29 is 17.9 Å². The number of ether oxygens (including phenoxy) is 1. The molecule has 0 radical (unpaired) electrons. The van der Waals surface area contributed by atoms with E-state index in [-0.39, 0.29) is 12.0 Å². The van der Waals surface area contributed by atoms with Gasteiger partial charge >= 0.3 is 6.36 Å². The van der Waals surface area contributed by atoms with E-state index < -0.39 is 12.1 Å². The van der Waals surface area contributed by atoms with Crippen LogP contribution in [0.5, 0.6) is 5.75 Å². The van der Waals surface area contributed by atoms with Gasteiger partial charge in [-0.3, -0.25) is 0 Å². The number of alkyl halides is 3. The predicted octanol–water partition coefficient (Wildman–Crippen LogP) is 2.38. The molecule has 0 saturated heterocycles. The van der Waals surface area contributed by atoms with Crippen LogP contribution in [0.15, 0.2) is 24.5 Å². The second-order valence-electron chi connectivity index (χ2n) is 5.20. The fourth-order valence-corrected chi connectivity index (χ4v) is 2.42. The molecule has 25 heavy (non-hydrogen) atoms. The van der Waals surface area contributed by atoms with Crippen LogP contribution in [-0.4, -0.2) is 25.9 Å². The molecular formula is C15H11F3N6O. The average molecular weight is 348 g/mol. The van der Waals surface area contributed by atoms with Crippen molar-refractivity contribution in [2.75, 3.05) is 5.73 Å². The van der Waals surface area contributed by atoms with Crippen LogP contribution in [0, 0.1) is 18.3 Å². The molecule has 3 rings (SSSR count). The number of rotatable bonds is 3. The molecule has 128 valence electrons. The van der Waals surface area contributed by atoms with Crippen LogP contribution in [0.1, 0.15) is 22.4 Å². The maximum absolute atomic E-state index is 12.4. The standard InChI is InChI=1S/C15H11F3N6O/c1-8-11(13(20)24-14(23-8)21-7-22-24)5-9-2-3-12(10(4-9)6-19)25-15(16,17)18/h2-4,7H,5,20H2,1H3. The van der Waals surface area contributed by atoms with Gasteiger partial charge in [0.2, 0.25) is 0 Å². The zero-order valence-electron chi connectivity index (χ0n) is 12.9. The van der Waals surface area contributed by atoms with Crippen LogP contribution in [0.4, 0.5) is 19.0 Å². The number of aromatic nitrogens is 4. The summed E-state index contributed by atoms with van der Waals surface area (Å²) in [4.78, 5) is 8.23. The maximum atomic E-state index is 12.4. The number of fused-ring (bicyclic) bond motifs is 1. The molecule has 0 aliphatic rings. The quantitative estimate of drug-likeness (QED) is 0.780. The summed E-state index contributed by atoms with van der Waals surface area (Å²) in [5, 5.41) is 13.0. The van der Waals surface area contributed by atoms with Gasteiger partial charge in [0, 0.05) is 17.7 Å². The largest absolute Gasteiger partial charge is 0.573 e. The Hall–Kier alpha value is -3.35. The van der Waals surface area contributed by atoms with Gasteiger partial charge in [-0.05, 0) is 24.6 Å². The molecule has 2 N–H and O–H groups in total. The number of nitrogens with two attached hydrogens (primary N) is 1. The summed E-state index contributed by atoms with van der Waals surface area (Å²) >= 11 is 0. The van der Waals surface area contributed by atoms with E-state index in [0.717, 1.165) is 6.07 Å². The third-order valence-corrected chi connectivity index (χ3v) is 3.54. The smallest absolute Gasteiger partial charge is 0.404 e. The molecule has 3 aromatic rings. The third kappa shape index (κ3) is 3.30. The molecular weight excluding hydrogens is 337 g/mol. The number of benzene rings is 1. The Morgan fingerprint density at radius 2 is 2.12 bits per heavy atom. The average Bonchev–Trinajstić information content (AvgIpc) is 2.99. The van der Waals surface area contributed by atoms with Crippen LogP contribution in [0.3, 0.4) is 0 Å². The molecule has 10 heteroatoms. The molecule has 0 saturated carbocycles. The number of nitriles is 1. The lowest BCUT2D eigenvalue weighted by molar-refractivity contribution is -0.274. The Morgan fingerprint density at radius 3 is 2.80 bits per heavy atom. The summed E-state index contributed by atoms with van der Waals surface area (Å²) in [6.45, 7) is 1.74. The van der Waals surface area contributed by atoms with Gasteiger partial charge in [0.05, 0.1) is 5.56 Å². The van der Waals surface area contributed by atoms with Crippen molar-refractivity contribution in [3.05, 3.63) is 46.9 Å². The molecule has 0 fully saturated rings. The minimum atomic E-state index is -4.86. The first-order valence-electron chi connectivity index (χ1n) is 7.02. The normalized spacial score (nSPS) is 11.5. The highest BCUT2D eigenvalue weighted by atomic mass is 19.4. The van der Waals surface area contributed by atoms with Gasteiger partial charge < -0.3 is 10.5 Å². The molecule has 0 aliphatic heterocycles. The number of nitrogen functional groups attached to an aromatic ring is 1. The second-order valence-corrected chi connectivity index (χ2v) is 5.20. The van der Waals surface area contributed by atoms with Gasteiger partial charge in [0.15, 0.2) is 0 Å². The van der Waals surface area contributed by atoms with Gasteiger partial charge in [-0.1, -0.05) is 6.07 Å². The molecule has 2 aromatic heterocycles. The van der Waals surface area contributed by atoms with Crippen molar-refractivity contribution in [2.24, 2.45) is 0 Å². The number of hydrogen-bond donors (Lipinski definition) is 1. The fraction of sp³-hybridized carbons (Fsp3) is 0.200. The minimum Gasteiger partial charge on any atom is -0.404 e. The number of halogens is 3. The molecule has 1 aromatic carbocycles. The van der Waals surface area contributed by atoms with Crippen LogP contribution < -0.4 is 10.5 Å². The Bertz CT molecular complexity index is 989. The number of hydrogen-bond acceptors (Lipinski definition) is 6. The van der Waals surface area contributed by atoms with Crippen LogP contribution in [-0.2, 0) is 6.42 Å². The SMILES string of the molecule is Cc1nc2ncnn2c(N)c1Cc1ccc(OC(F)(F)F)c(C#N)c1. The molecule has 2 heterocycles. The number of anilines is 1. The number of nitrogens with zero attached hydrogens (tertiary/aromatic N) is 5. The molecule has 7 nitrogen and oxygen atoms in total. The van der Waals surface area contributed by atoms with Crippen molar-refractivity contribution in [1.82, 2.24) is 19.6 Å². The molecule has 0 unspecified atom stereocenters. The van der Waals surface area contributed by atoms with Gasteiger partial charge in [0.25, 0.3) is 5.78 Å². The first-order valence-corrected chi connectivity index (χ1v) is 7.02. The van der Waals surface area contributed by atoms with Crippen LogP contribution >= 0.6 is 0 Å². The summed E-state index contributed by atoms with van der Waals surface area (Å²) in [6, 6.07) is 5.57. The first kappa shape index (κ1) is 16.5. The summed E-state index contributed by atoms with van der Waals surface area (Å²) < 4.78 is 42.3. The Balaban J connectivity index is 1.98. The zero-order valence-corrected chi connectivity index (χ0v) is 12.9. The molecule has 0 spiro atoms. The molecule has 0 bridgehead atoms. The van der Waals surface area contributed by atoms with Crippen molar-refractivity contribution in [3.8, 4) is 11.8 Å². The first-order chi connectivity index (χ1) is 11.8. The lowest BCUT2D eigenvalue weighted by Gasteiger charge is -2.13. The summed E-state index contributed by atoms with van der Waals surface area (Å²) in [5.41, 5.74) is 7.70. The maximum Gasteiger partial charge on any atom is 0.573 e. The monoisotopic (exact) mass is 348 g/mol. The Morgan fingerprint density at radius 1 is 1.36 bits per heavy atom. The molecule has 0 aliphatic carbocycles. The highest BCUT2D eigenvalue weighted by molar-refractivity contribution is 5.52. The molecule has 0 amide bonds. The van der Waals surface area contributed by atoms with Crippen molar-refractivity contribution in [2.45, 2.75) is 19.7 Å². The van der Waals surface area contributed by atoms with E-state index in [2.05, 4.69) is 19.8 Å². The Labute approximate surface area is 139 Å². The lowest BCUT2D eigenvalue weighted by Crippen LogP contribution is -2.18. The minimum absolute atomic E-state index is 0.221. The van der Waals surface area contributed by atoms with Gasteiger partial charge in [-0.15, -0.1) is 13.2 Å². The zero-order chi connectivity index (χ0) is 18.2.